The van der Waals surface area contributed by atoms with Crippen LogP contribution in [0, 0.1) is 5.82 Å². The molecule has 1 atom stereocenters. The van der Waals surface area contributed by atoms with Crippen LogP contribution in [0.25, 0.3) is 0 Å². The number of hydrogen-bond acceptors (Lipinski definition) is 5. The van der Waals surface area contributed by atoms with E-state index < -0.39 is 42.4 Å². The van der Waals surface area contributed by atoms with Crippen LogP contribution in [0.15, 0.2) is 23.1 Å². The fourth-order valence-corrected chi connectivity index (χ4v) is 7.52. The Morgan fingerprint density at radius 2 is 1.88 bits per heavy atom. The molecule has 0 unspecified atom stereocenters. The summed E-state index contributed by atoms with van der Waals surface area (Å²) in [6.45, 7) is 1.05. The number of likely N-dealkylation sites (tertiary alicyclic amines) is 1. The first-order valence-corrected chi connectivity index (χ1v) is 11.1. The van der Waals surface area contributed by atoms with Gasteiger partial charge in [-0.1, -0.05) is 0 Å². The first kappa shape index (κ1) is 17.3. The van der Waals surface area contributed by atoms with E-state index in [1.54, 1.807) is 0 Å². The van der Waals surface area contributed by atoms with Crippen LogP contribution in [0.2, 0.25) is 0 Å². The van der Waals surface area contributed by atoms with Gasteiger partial charge in [0.15, 0.2) is 19.7 Å². The highest BCUT2D eigenvalue weighted by atomic mass is 32.2. The van der Waals surface area contributed by atoms with E-state index in [0.29, 0.717) is 13.1 Å². The molecule has 132 valence electrons. The summed E-state index contributed by atoms with van der Waals surface area (Å²) in [4.78, 5) is 13.7. The molecule has 0 saturated carbocycles. The van der Waals surface area contributed by atoms with E-state index in [1.807, 2.05) is 0 Å². The van der Waals surface area contributed by atoms with Crippen LogP contribution in [-0.4, -0.2) is 57.5 Å². The summed E-state index contributed by atoms with van der Waals surface area (Å²) in [5.74, 6) is -1.90. The molecular formula is C15H18FNO5S2. The molecule has 0 aliphatic carbocycles. The van der Waals surface area contributed by atoms with Gasteiger partial charge in [0.05, 0.1) is 27.2 Å². The number of nitrogens with zero attached hydrogens (tertiary/aromatic N) is 1. The zero-order chi connectivity index (χ0) is 17.5. The lowest BCUT2D eigenvalue weighted by Crippen LogP contribution is -2.29. The van der Waals surface area contributed by atoms with Crippen molar-refractivity contribution in [2.75, 3.05) is 24.6 Å². The Morgan fingerprint density at radius 1 is 1.21 bits per heavy atom. The average Bonchev–Trinajstić information content (AvgIpc) is 3.16. The lowest BCUT2D eigenvalue weighted by Gasteiger charge is -2.17. The second-order valence-corrected chi connectivity index (χ2v) is 10.7. The SMILES string of the molecule is O=C(c1cc(S(=O)(=O)[C@@H]2CCS(=O)(=O)C2)ccc1F)N1CCCC1. The number of carbonyl (C=O) groups excluding carboxylic acids is 1. The van der Waals surface area contributed by atoms with Gasteiger partial charge in [-0.2, -0.15) is 0 Å². The van der Waals surface area contributed by atoms with Gasteiger partial charge < -0.3 is 4.90 Å². The van der Waals surface area contributed by atoms with Gasteiger partial charge in [-0.3, -0.25) is 4.79 Å². The second-order valence-electron chi connectivity index (χ2n) is 6.21. The van der Waals surface area contributed by atoms with E-state index in [0.717, 1.165) is 31.0 Å². The molecule has 2 fully saturated rings. The number of rotatable bonds is 3. The van der Waals surface area contributed by atoms with E-state index in [2.05, 4.69) is 0 Å². The van der Waals surface area contributed by atoms with Gasteiger partial charge in [-0.05, 0) is 37.5 Å². The van der Waals surface area contributed by atoms with Crippen LogP contribution in [0.3, 0.4) is 0 Å². The molecular weight excluding hydrogens is 357 g/mol. The summed E-state index contributed by atoms with van der Waals surface area (Å²) >= 11 is 0. The Labute approximate surface area is 140 Å². The molecule has 1 aromatic rings. The minimum Gasteiger partial charge on any atom is -0.339 e. The fourth-order valence-electron chi connectivity index (χ4n) is 3.13. The van der Waals surface area contributed by atoms with Crippen molar-refractivity contribution in [1.29, 1.82) is 0 Å². The molecule has 2 aliphatic heterocycles. The lowest BCUT2D eigenvalue weighted by molar-refractivity contribution is 0.0788. The van der Waals surface area contributed by atoms with Gasteiger partial charge in [-0.25, -0.2) is 21.2 Å². The maximum Gasteiger partial charge on any atom is 0.256 e. The van der Waals surface area contributed by atoms with Gasteiger partial charge in [-0.15, -0.1) is 0 Å². The van der Waals surface area contributed by atoms with Gasteiger partial charge in [0.25, 0.3) is 5.91 Å². The molecule has 9 heteroatoms. The molecule has 0 N–H and O–H groups in total. The first-order chi connectivity index (χ1) is 11.2. The number of benzene rings is 1. The highest BCUT2D eigenvalue weighted by Gasteiger charge is 2.38. The van der Waals surface area contributed by atoms with E-state index >= 15 is 0 Å². The number of amides is 1. The summed E-state index contributed by atoms with van der Waals surface area (Å²) in [6.07, 6.45) is 1.70. The normalized spacial score (nSPS) is 23.5. The number of sulfone groups is 2. The van der Waals surface area contributed by atoms with Crippen molar-refractivity contribution in [2.45, 2.75) is 29.4 Å². The molecule has 2 aliphatic rings. The zero-order valence-electron chi connectivity index (χ0n) is 12.9. The molecule has 6 nitrogen and oxygen atoms in total. The number of hydrogen-bond donors (Lipinski definition) is 0. The summed E-state index contributed by atoms with van der Waals surface area (Å²) in [7, 11) is -7.29. The molecule has 3 rings (SSSR count). The van der Waals surface area contributed by atoms with E-state index in [4.69, 9.17) is 0 Å². The lowest BCUT2D eigenvalue weighted by atomic mass is 10.2. The fraction of sp³-hybridized carbons (Fsp3) is 0.533. The van der Waals surface area contributed by atoms with Crippen LogP contribution >= 0.6 is 0 Å². The first-order valence-electron chi connectivity index (χ1n) is 7.74. The standard InChI is InChI=1S/C15H18FNO5S2/c16-14-4-3-11(9-13(14)15(18)17-6-1-2-7-17)24(21,22)12-5-8-23(19,20)10-12/h3-4,9,12H,1-2,5-8,10H2/t12-/m1/s1. The molecule has 0 bridgehead atoms. The molecule has 2 saturated heterocycles. The average molecular weight is 375 g/mol. The molecule has 0 aromatic heterocycles. The summed E-state index contributed by atoms with van der Waals surface area (Å²) < 4.78 is 62.3. The van der Waals surface area contributed by atoms with Crippen LogP contribution in [0.1, 0.15) is 29.6 Å². The maximum atomic E-state index is 14.0. The number of halogens is 1. The topological polar surface area (TPSA) is 88.6 Å². The Bertz CT molecular complexity index is 873. The van der Waals surface area contributed by atoms with Crippen LogP contribution in [0.4, 0.5) is 4.39 Å². The Morgan fingerprint density at radius 3 is 2.46 bits per heavy atom. The van der Waals surface area contributed by atoms with Gasteiger partial charge in [0, 0.05) is 13.1 Å². The zero-order valence-corrected chi connectivity index (χ0v) is 14.6. The number of carbonyl (C=O) groups is 1. The van der Waals surface area contributed by atoms with E-state index in [1.165, 1.54) is 4.90 Å². The van der Waals surface area contributed by atoms with Crippen molar-refractivity contribution >= 4 is 25.6 Å². The van der Waals surface area contributed by atoms with Crippen LogP contribution in [0.5, 0.6) is 0 Å². The molecule has 1 amide bonds. The van der Waals surface area contributed by atoms with Crippen molar-refractivity contribution in [3.63, 3.8) is 0 Å². The molecule has 0 spiro atoms. The van der Waals surface area contributed by atoms with Crippen molar-refractivity contribution in [3.05, 3.63) is 29.6 Å². The van der Waals surface area contributed by atoms with E-state index in [-0.39, 0.29) is 22.6 Å². The monoisotopic (exact) mass is 375 g/mol. The predicted octanol–water partition coefficient (Wildman–Crippen LogP) is 1.02. The predicted molar refractivity (Wildman–Crippen MR) is 85.8 cm³/mol. The molecule has 2 heterocycles. The van der Waals surface area contributed by atoms with Gasteiger partial charge >= 0.3 is 0 Å². The van der Waals surface area contributed by atoms with Crippen molar-refractivity contribution < 1.29 is 26.0 Å². The highest BCUT2D eigenvalue weighted by Crippen LogP contribution is 2.27. The minimum absolute atomic E-state index is 0.0252. The van der Waals surface area contributed by atoms with Crippen LogP contribution < -0.4 is 0 Å². The van der Waals surface area contributed by atoms with Crippen molar-refractivity contribution in [1.82, 2.24) is 4.90 Å². The van der Waals surface area contributed by atoms with Gasteiger partial charge in [0.2, 0.25) is 0 Å². The maximum absolute atomic E-state index is 14.0. The summed E-state index contributed by atoms with van der Waals surface area (Å²) in [5.41, 5.74) is -0.279. The third-order valence-corrected chi connectivity index (χ3v) is 8.69. The Hall–Kier alpha value is -1.48. The smallest absolute Gasteiger partial charge is 0.256 e. The molecule has 24 heavy (non-hydrogen) atoms. The third-order valence-electron chi connectivity index (χ3n) is 4.52. The molecule has 0 radical (unpaired) electrons. The largest absolute Gasteiger partial charge is 0.339 e. The van der Waals surface area contributed by atoms with Crippen LogP contribution in [-0.2, 0) is 19.7 Å². The van der Waals surface area contributed by atoms with Gasteiger partial charge in [0.1, 0.15) is 5.82 Å². The highest BCUT2D eigenvalue weighted by molar-refractivity contribution is 7.96. The quantitative estimate of drug-likeness (QED) is 0.736. The Kier molecular flexibility index (Phi) is 4.41. The second kappa shape index (κ2) is 6.11. The van der Waals surface area contributed by atoms with Crippen molar-refractivity contribution in [2.24, 2.45) is 0 Å². The third kappa shape index (κ3) is 3.19. The molecule has 1 aromatic carbocycles. The summed E-state index contributed by atoms with van der Waals surface area (Å²) in [6, 6.07) is 3.09. The minimum atomic E-state index is -3.92. The van der Waals surface area contributed by atoms with Crippen molar-refractivity contribution in [3.8, 4) is 0 Å². The summed E-state index contributed by atoms with van der Waals surface area (Å²) in [5, 5.41) is -1.04. The Balaban J connectivity index is 1.94. The van der Waals surface area contributed by atoms with E-state index in [9.17, 15) is 26.0 Å².